The number of pyridine rings is 1. The minimum atomic E-state index is -4.98. The zero-order chi connectivity index (χ0) is 22.7. The molecular weight excluding hydrogens is 436 g/mol. The van der Waals surface area contributed by atoms with Crippen LogP contribution in [0, 0.1) is 5.92 Å². The van der Waals surface area contributed by atoms with Gasteiger partial charge in [0.15, 0.2) is 5.82 Å². The van der Waals surface area contributed by atoms with Crippen molar-refractivity contribution in [2.75, 3.05) is 4.90 Å². The third-order valence-electron chi connectivity index (χ3n) is 7.11. The van der Waals surface area contributed by atoms with Gasteiger partial charge in [-0.3, -0.25) is 0 Å². The van der Waals surface area contributed by atoms with Gasteiger partial charge in [0.2, 0.25) is 0 Å². The first-order chi connectivity index (χ1) is 15.1. The van der Waals surface area contributed by atoms with Crippen LogP contribution in [0.2, 0.25) is 0 Å². The Morgan fingerprint density at radius 1 is 0.844 bits per heavy atom. The lowest BCUT2D eigenvalue weighted by Crippen LogP contribution is -2.38. The number of alkyl halides is 6. The Kier molecular flexibility index (Phi) is 5.12. The second-order valence-electron chi connectivity index (χ2n) is 9.06. The first-order valence-corrected chi connectivity index (χ1v) is 11.0. The summed E-state index contributed by atoms with van der Waals surface area (Å²) in [6, 6.07) is 0.422. The highest BCUT2D eigenvalue weighted by Crippen LogP contribution is 2.52. The van der Waals surface area contributed by atoms with E-state index in [2.05, 4.69) is 15.2 Å². The maximum atomic E-state index is 13.4. The van der Waals surface area contributed by atoms with Crippen molar-refractivity contribution < 1.29 is 26.3 Å². The van der Waals surface area contributed by atoms with Crippen molar-refractivity contribution in [3.8, 4) is 0 Å². The molecule has 11 heteroatoms. The number of halogens is 6. The fourth-order valence-electron chi connectivity index (χ4n) is 5.71. The molecule has 3 fully saturated rings. The molecule has 3 aliphatic rings. The van der Waals surface area contributed by atoms with E-state index in [4.69, 9.17) is 0 Å². The first kappa shape index (κ1) is 21.5. The highest BCUT2D eigenvalue weighted by atomic mass is 19.4. The molecule has 3 heterocycles. The number of fused-ring (bicyclic) bond motifs is 2. The number of hydrogen-bond acceptors (Lipinski definition) is 4. The summed E-state index contributed by atoms with van der Waals surface area (Å²) in [5.74, 6) is 0.427. The molecule has 0 aromatic carbocycles. The summed E-state index contributed by atoms with van der Waals surface area (Å²) < 4.78 is 82.6. The fraction of sp³-hybridized carbons (Fsp3) is 0.667. The summed E-state index contributed by atoms with van der Waals surface area (Å²) in [5, 5.41) is 8.38. The number of aromatic nitrogens is 4. The lowest BCUT2D eigenvalue weighted by molar-refractivity contribution is -0.145. The number of piperidine rings is 1. The number of anilines is 1. The van der Waals surface area contributed by atoms with Crippen LogP contribution in [0.5, 0.6) is 0 Å². The molecular formula is C21H23F6N5. The van der Waals surface area contributed by atoms with E-state index >= 15 is 0 Å². The molecule has 2 saturated carbocycles. The third-order valence-corrected chi connectivity index (χ3v) is 7.11. The van der Waals surface area contributed by atoms with Crippen LogP contribution in [0.1, 0.15) is 80.5 Å². The van der Waals surface area contributed by atoms with E-state index in [9.17, 15) is 26.3 Å². The Balaban J connectivity index is 1.58. The topological polar surface area (TPSA) is 46.8 Å². The molecule has 0 N–H and O–H groups in total. The van der Waals surface area contributed by atoms with Gasteiger partial charge in [-0.1, -0.05) is 19.3 Å². The maximum Gasteiger partial charge on any atom is 0.433 e. The Morgan fingerprint density at radius 3 is 2.28 bits per heavy atom. The minimum absolute atomic E-state index is 0.0807. The molecule has 0 unspecified atom stereocenters. The standard InChI is InChI=1S/C21H23F6N5/c22-20(23,24)13-9-16(21(25,26)27)29-17(10-13)32-15-7-6-12(8-15)18(32)19-30-28-11-31(19)14-4-2-1-3-5-14/h9-12,14-15,18H,1-8H2/t12-,15+,18-/m0/s1. The van der Waals surface area contributed by atoms with E-state index in [1.165, 1.54) is 0 Å². The van der Waals surface area contributed by atoms with Gasteiger partial charge < -0.3 is 9.47 Å². The van der Waals surface area contributed by atoms with Gasteiger partial charge in [-0.25, -0.2) is 4.98 Å². The van der Waals surface area contributed by atoms with Crippen molar-refractivity contribution in [3.05, 3.63) is 35.5 Å². The van der Waals surface area contributed by atoms with Gasteiger partial charge in [0, 0.05) is 12.1 Å². The smallest absolute Gasteiger partial charge is 0.343 e. The van der Waals surface area contributed by atoms with Crippen molar-refractivity contribution in [1.82, 2.24) is 19.7 Å². The minimum Gasteiger partial charge on any atom is -0.343 e. The molecule has 0 radical (unpaired) electrons. The Labute approximate surface area is 180 Å². The Morgan fingerprint density at radius 2 is 1.59 bits per heavy atom. The average molecular weight is 459 g/mol. The van der Waals surface area contributed by atoms with E-state index in [0.29, 0.717) is 18.7 Å². The highest BCUT2D eigenvalue weighted by molar-refractivity contribution is 5.49. The molecule has 3 atom stereocenters. The molecule has 2 aromatic heterocycles. The van der Waals surface area contributed by atoms with Gasteiger partial charge in [0.1, 0.15) is 17.8 Å². The molecule has 5 nitrogen and oxygen atoms in total. The van der Waals surface area contributed by atoms with Crippen LogP contribution < -0.4 is 4.90 Å². The van der Waals surface area contributed by atoms with Crippen molar-refractivity contribution in [3.63, 3.8) is 0 Å². The summed E-state index contributed by atoms with van der Waals surface area (Å²) in [7, 11) is 0. The van der Waals surface area contributed by atoms with Crippen LogP contribution in [-0.2, 0) is 12.4 Å². The normalized spacial score (nSPS) is 26.8. The van der Waals surface area contributed by atoms with Crippen LogP contribution in [0.4, 0.5) is 32.2 Å². The van der Waals surface area contributed by atoms with Crippen molar-refractivity contribution in [1.29, 1.82) is 0 Å². The molecule has 5 rings (SSSR count). The van der Waals surface area contributed by atoms with Crippen molar-refractivity contribution >= 4 is 5.82 Å². The number of hydrogen-bond donors (Lipinski definition) is 0. The summed E-state index contributed by atoms with van der Waals surface area (Å²) >= 11 is 0. The summed E-state index contributed by atoms with van der Waals surface area (Å²) in [6.07, 6.45) is -0.745. The van der Waals surface area contributed by atoms with Crippen molar-refractivity contribution in [2.45, 2.75) is 81.8 Å². The largest absolute Gasteiger partial charge is 0.433 e. The van der Waals surface area contributed by atoms with Gasteiger partial charge in [-0.15, -0.1) is 10.2 Å². The zero-order valence-corrected chi connectivity index (χ0v) is 17.2. The quantitative estimate of drug-likeness (QED) is 0.533. The average Bonchev–Trinajstić information content (AvgIpc) is 3.48. The maximum absolute atomic E-state index is 13.4. The van der Waals surface area contributed by atoms with E-state index in [1.54, 1.807) is 11.2 Å². The predicted molar refractivity (Wildman–Crippen MR) is 103 cm³/mol. The molecule has 2 aliphatic carbocycles. The predicted octanol–water partition coefficient (Wildman–Crippen LogP) is 5.95. The molecule has 174 valence electrons. The number of nitrogens with zero attached hydrogens (tertiary/aromatic N) is 5. The summed E-state index contributed by atoms with van der Waals surface area (Å²) in [4.78, 5) is 5.31. The van der Waals surface area contributed by atoms with Crippen LogP contribution >= 0.6 is 0 Å². The van der Waals surface area contributed by atoms with Crippen molar-refractivity contribution in [2.24, 2.45) is 5.92 Å². The second kappa shape index (κ2) is 7.62. The van der Waals surface area contributed by atoms with Crippen LogP contribution in [0.15, 0.2) is 18.5 Å². The SMILES string of the molecule is FC(F)(F)c1cc(N2[C@@H]3CC[C@@H](C3)[C@H]2c2nncn2C2CCCCC2)nc(C(F)(F)F)c1. The van der Waals surface area contributed by atoms with Crippen LogP contribution in [0.3, 0.4) is 0 Å². The molecule has 0 spiro atoms. The van der Waals surface area contributed by atoms with E-state index in [1.807, 2.05) is 4.57 Å². The molecule has 1 saturated heterocycles. The molecule has 1 aliphatic heterocycles. The molecule has 32 heavy (non-hydrogen) atoms. The van der Waals surface area contributed by atoms with Gasteiger partial charge in [-0.05, 0) is 50.2 Å². The van der Waals surface area contributed by atoms with Gasteiger partial charge >= 0.3 is 12.4 Å². The van der Waals surface area contributed by atoms with Gasteiger partial charge in [0.05, 0.1) is 11.6 Å². The highest BCUT2D eigenvalue weighted by Gasteiger charge is 2.50. The molecule has 2 aromatic rings. The van der Waals surface area contributed by atoms with E-state index in [0.717, 1.165) is 44.6 Å². The van der Waals surface area contributed by atoms with Crippen LogP contribution in [-0.4, -0.2) is 25.8 Å². The van der Waals surface area contributed by atoms with E-state index in [-0.39, 0.29) is 29.9 Å². The zero-order valence-electron chi connectivity index (χ0n) is 17.2. The first-order valence-electron chi connectivity index (χ1n) is 11.0. The summed E-state index contributed by atoms with van der Waals surface area (Å²) in [6.45, 7) is 0. The molecule has 2 bridgehead atoms. The third kappa shape index (κ3) is 3.73. The second-order valence-corrected chi connectivity index (χ2v) is 9.06. The Hall–Kier alpha value is -2.33. The summed E-state index contributed by atoms with van der Waals surface area (Å²) in [5.41, 5.74) is -2.87. The van der Waals surface area contributed by atoms with E-state index < -0.39 is 29.7 Å². The molecule has 0 amide bonds. The lowest BCUT2D eigenvalue weighted by Gasteiger charge is -2.37. The number of rotatable bonds is 3. The fourth-order valence-corrected chi connectivity index (χ4v) is 5.71. The lowest BCUT2D eigenvalue weighted by atomic mass is 9.93. The van der Waals surface area contributed by atoms with Gasteiger partial charge in [0.25, 0.3) is 0 Å². The monoisotopic (exact) mass is 459 g/mol. The van der Waals surface area contributed by atoms with Gasteiger partial charge in [-0.2, -0.15) is 26.3 Å². The Bertz CT molecular complexity index is 946. The van der Waals surface area contributed by atoms with Crippen LogP contribution in [0.25, 0.3) is 0 Å².